The van der Waals surface area contributed by atoms with Crippen LogP contribution in [-0.2, 0) is 4.74 Å². The van der Waals surface area contributed by atoms with Gasteiger partial charge in [-0.05, 0) is 56.8 Å². The first-order valence-electron chi connectivity index (χ1n) is 10.3. The van der Waals surface area contributed by atoms with Crippen molar-refractivity contribution < 1.29 is 28.6 Å². The van der Waals surface area contributed by atoms with Crippen LogP contribution in [-0.4, -0.2) is 46.0 Å². The van der Waals surface area contributed by atoms with Crippen molar-refractivity contribution in [3.05, 3.63) is 42.0 Å². The standard InChI is InChI=1S/C23H23FN4O5/c1-12-16(11-26-20-19(12)28(5-6-32-20)22(31)33-23(2,3)4)15-7-13-9-18(27-21(29)30)25-10-14(13)8-17(15)24/h7-11H,5-6H2,1-4H3,(H,25,27)(H,29,30). The van der Waals surface area contributed by atoms with E-state index < -0.39 is 23.6 Å². The summed E-state index contributed by atoms with van der Waals surface area (Å²) >= 11 is 0. The van der Waals surface area contributed by atoms with Gasteiger partial charge < -0.3 is 14.6 Å². The van der Waals surface area contributed by atoms with Crippen molar-refractivity contribution in [1.82, 2.24) is 9.97 Å². The maximum atomic E-state index is 15.1. The molecule has 0 fully saturated rings. The molecule has 172 valence electrons. The fraction of sp³-hybridized carbons (Fsp3) is 0.304. The summed E-state index contributed by atoms with van der Waals surface area (Å²) in [6, 6.07) is 4.43. The summed E-state index contributed by atoms with van der Waals surface area (Å²) in [5.41, 5.74) is 1.06. The Kier molecular flexibility index (Phi) is 5.52. The fourth-order valence-corrected chi connectivity index (χ4v) is 3.66. The van der Waals surface area contributed by atoms with Gasteiger partial charge in [0.1, 0.15) is 29.5 Å². The summed E-state index contributed by atoms with van der Waals surface area (Å²) in [7, 11) is 0. The SMILES string of the molecule is Cc1c(-c2cc3cc(NC(=O)O)ncc3cc2F)cnc2c1N(C(=O)OC(C)(C)C)CCO2. The third-order valence-corrected chi connectivity index (χ3v) is 5.04. The molecule has 1 aromatic carbocycles. The van der Waals surface area contributed by atoms with Gasteiger partial charge in [-0.3, -0.25) is 10.2 Å². The van der Waals surface area contributed by atoms with E-state index in [-0.39, 0.29) is 30.4 Å². The molecular weight excluding hydrogens is 431 g/mol. The second-order valence-electron chi connectivity index (χ2n) is 8.61. The number of amides is 2. The van der Waals surface area contributed by atoms with Gasteiger partial charge in [0.2, 0.25) is 5.88 Å². The van der Waals surface area contributed by atoms with Gasteiger partial charge >= 0.3 is 12.2 Å². The minimum Gasteiger partial charge on any atom is -0.474 e. The number of carbonyl (C=O) groups excluding carboxylic acids is 1. The number of rotatable bonds is 2. The number of aromatic nitrogens is 2. The first-order valence-corrected chi connectivity index (χ1v) is 10.3. The van der Waals surface area contributed by atoms with Gasteiger partial charge in [0.15, 0.2) is 0 Å². The molecule has 0 bridgehead atoms. The van der Waals surface area contributed by atoms with E-state index in [1.54, 1.807) is 33.8 Å². The molecule has 0 unspecified atom stereocenters. The third kappa shape index (κ3) is 4.50. The van der Waals surface area contributed by atoms with E-state index in [0.717, 1.165) is 0 Å². The number of nitrogens with zero attached hydrogens (tertiary/aromatic N) is 3. The second-order valence-corrected chi connectivity index (χ2v) is 8.61. The highest BCUT2D eigenvalue weighted by Crippen LogP contribution is 2.40. The van der Waals surface area contributed by atoms with Crippen molar-refractivity contribution in [2.24, 2.45) is 0 Å². The summed E-state index contributed by atoms with van der Waals surface area (Å²) in [6.07, 6.45) is 1.10. The molecule has 1 aliphatic rings. The van der Waals surface area contributed by atoms with E-state index in [4.69, 9.17) is 14.6 Å². The summed E-state index contributed by atoms with van der Waals surface area (Å²) in [4.78, 5) is 33.5. The molecule has 2 amide bonds. The van der Waals surface area contributed by atoms with Crippen molar-refractivity contribution in [2.45, 2.75) is 33.3 Å². The molecule has 0 saturated heterocycles. The van der Waals surface area contributed by atoms with Crippen LogP contribution >= 0.6 is 0 Å². The lowest BCUT2D eigenvalue weighted by Crippen LogP contribution is -2.42. The molecular formula is C23H23FN4O5. The molecule has 0 atom stereocenters. The number of hydrogen-bond acceptors (Lipinski definition) is 6. The van der Waals surface area contributed by atoms with Crippen LogP contribution in [0.15, 0.2) is 30.6 Å². The lowest BCUT2D eigenvalue weighted by Gasteiger charge is -2.32. The van der Waals surface area contributed by atoms with Gasteiger partial charge in [-0.1, -0.05) is 0 Å². The third-order valence-electron chi connectivity index (χ3n) is 5.04. The average molecular weight is 454 g/mol. The number of hydrogen-bond donors (Lipinski definition) is 2. The number of carbonyl (C=O) groups is 2. The summed E-state index contributed by atoms with van der Waals surface area (Å²) in [5.74, 6) is -0.113. The highest BCUT2D eigenvalue weighted by atomic mass is 19.1. The number of benzene rings is 1. The van der Waals surface area contributed by atoms with Crippen LogP contribution in [0.4, 0.5) is 25.5 Å². The van der Waals surface area contributed by atoms with Crippen molar-refractivity contribution in [2.75, 3.05) is 23.4 Å². The monoisotopic (exact) mass is 454 g/mol. The Labute approximate surface area is 189 Å². The Morgan fingerprint density at radius 2 is 1.91 bits per heavy atom. The molecule has 1 aliphatic heterocycles. The number of pyridine rings is 2. The molecule has 3 aromatic rings. The number of anilines is 2. The Morgan fingerprint density at radius 3 is 2.61 bits per heavy atom. The highest BCUT2D eigenvalue weighted by Gasteiger charge is 2.31. The molecule has 0 aliphatic carbocycles. The molecule has 4 rings (SSSR count). The molecule has 2 N–H and O–H groups in total. The van der Waals surface area contributed by atoms with Crippen molar-refractivity contribution >= 4 is 34.5 Å². The fourth-order valence-electron chi connectivity index (χ4n) is 3.66. The summed E-state index contributed by atoms with van der Waals surface area (Å²) in [5, 5.41) is 12.2. The summed E-state index contributed by atoms with van der Waals surface area (Å²) < 4.78 is 26.3. The minimum atomic E-state index is -1.25. The Bertz CT molecular complexity index is 1270. The largest absolute Gasteiger partial charge is 0.474 e. The van der Waals surface area contributed by atoms with Gasteiger partial charge in [-0.2, -0.15) is 0 Å². The maximum absolute atomic E-state index is 15.1. The zero-order valence-corrected chi connectivity index (χ0v) is 18.6. The predicted molar refractivity (Wildman–Crippen MR) is 120 cm³/mol. The molecule has 0 saturated carbocycles. The van der Waals surface area contributed by atoms with E-state index in [2.05, 4.69) is 15.3 Å². The first-order chi connectivity index (χ1) is 15.5. The predicted octanol–water partition coefficient (Wildman–Crippen LogP) is 4.97. The smallest absolute Gasteiger partial charge is 0.415 e. The normalized spacial score (nSPS) is 13.3. The minimum absolute atomic E-state index is 0.123. The number of ether oxygens (including phenoxy) is 2. The molecule has 3 heterocycles. The summed E-state index contributed by atoms with van der Waals surface area (Å²) in [6.45, 7) is 7.62. The van der Waals surface area contributed by atoms with Gasteiger partial charge in [0, 0.05) is 28.9 Å². The molecule has 33 heavy (non-hydrogen) atoms. The second kappa shape index (κ2) is 8.19. The molecule has 0 spiro atoms. The van der Waals surface area contributed by atoms with E-state index >= 15 is 4.39 Å². The number of fused-ring (bicyclic) bond motifs is 2. The van der Waals surface area contributed by atoms with Crippen LogP contribution < -0.4 is 15.0 Å². The van der Waals surface area contributed by atoms with Gasteiger partial charge in [-0.15, -0.1) is 0 Å². The van der Waals surface area contributed by atoms with E-state index in [1.807, 2.05) is 0 Å². The average Bonchev–Trinajstić information content (AvgIpc) is 2.72. The topological polar surface area (TPSA) is 114 Å². The molecule has 9 nitrogen and oxygen atoms in total. The van der Waals surface area contributed by atoms with Crippen molar-refractivity contribution in [3.63, 3.8) is 0 Å². The lowest BCUT2D eigenvalue weighted by atomic mass is 9.98. The molecule has 0 radical (unpaired) electrons. The highest BCUT2D eigenvalue weighted by molar-refractivity contribution is 5.95. The number of halogens is 1. The Balaban J connectivity index is 1.81. The Morgan fingerprint density at radius 1 is 1.15 bits per heavy atom. The maximum Gasteiger partial charge on any atom is 0.415 e. The van der Waals surface area contributed by atoms with E-state index in [1.165, 1.54) is 29.4 Å². The molecule has 2 aromatic heterocycles. The quantitative estimate of drug-likeness (QED) is 0.562. The van der Waals surface area contributed by atoms with Gasteiger partial charge in [0.05, 0.1) is 6.54 Å². The van der Waals surface area contributed by atoms with E-state index in [0.29, 0.717) is 27.6 Å². The van der Waals surface area contributed by atoms with Crippen LogP contribution in [0, 0.1) is 12.7 Å². The zero-order valence-electron chi connectivity index (χ0n) is 18.6. The first kappa shape index (κ1) is 22.3. The van der Waals surface area contributed by atoms with Crippen LogP contribution in [0.3, 0.4) is 0 Å². The number of nitrogens with one attached hydrogen (secondary N) is 1. The number of carboxylic acid groups (broad SMARTS) is 1. The van der Waals surface area contributed by atoms with Crippen molar-refractivity contribution in [1.29, 1.82) is 0 Å². The van der Waals surface area contributed by atoms with Crippen LogP contribution in [0.25, 0.3) is 21.9 Å². The lowest BCUT2D eigenvalue weighted by molar-refractivity contribution is 0.0566. The van der Waals surface area contributed by atoms with Crippen LogP contribution in [0.1, 0.15) is 26.3 Å². The molecule has 10 heteroatoms. The van der Waals surface area contributed by atoms with Crippen LogP contribution in [0.5, 0.6) is 5.88 Å². The zero-order chi connectivity index (χ0) is 23.9. The van der Waals surface area contributed by atoms with Gasteiger partial charge in [-0.25, -0.2) is 23.9 Å². The Hall–Kier alpha value is -3.95. The van der Waals surface area contributed by atoms with Gasteiger partial charge in [0.25, 0.3) is 0 Å². The van der Waals surface area contributed by atoms with Crippen LogP contribution in [0.2, 0.25) is 0 Å². The van der Waals surface area contributed by atoms with E-state index in [9.17, 15) is 9.59 Å². The van der Waals surface area contributed by atoms with Crippen molar-refractivity contribution in [3.8, 4) is 17.0 Å².